The van der Waals surface area contributed by atoms with E-state index in [1.54, 1.807) is 28.7 Å². The highest BCUT2D eigenvalue weighted by molar-refractivity contribution is 6.35. The maximum atomic E-state index is 13.3. The Kier molecular flexibility index (Phi) is 4.29. The van der Waals surface area contributed by atoms with E-state index in [-0.39, 0.29) is 11.5 Å². The number of fused-ring (bicyclic) bond motifs is 2. The van der Waals surface area contributed by atoms with Crippen molar-refractivity contribution in [2.45, 2.75) is 6.54 Å². The summed E-state index contributed by atoms with van der Waals surface area (Å²) in [5.74, 6) is 0.362. The van der Waals surface area contributed by atoms with Gasteiger partial charge in [-0.25, -0.2) is 4.98 Å². The molecule has 30 heavy (non-hydrogen) atoms. The predicted molar refractivity (Wildman–Crippen MR) is 119 cm³/mol. The van der Waals surface area contributed by atoms with Gasteiger partial charge in [0.1, 0.15) is 5.82 Å². The van der Waals surface area contributed by atoms with Crippen molar-refractivity contribution in [2.24, 2.45) is 0 Å². The van der Waals surface area contributed by atoms with E-state index >= 15 is 0 Å². The Morgan fingerprint density at radius 2 is 1.57 bits per heavy atom. The molecule has 0 saturated heterocycles. The maximum absolute atomic E-state index is 13.3. The van der Waals surface area contributed by atoms with Crippen molar-refractivity contribution in [3.63, 3.8) is 0 Å². The molecule has 1 aliphatic heterocycles. The fraction of sp³-hybridized carbons (Fsp3) is 0.0800. The van der Waals surface area contributed by atoms with Crippen LogP contribution in [-0.4, -0.2) is 22.5 Å². The number of para-hydroxylation sites is 2. The smallest absolute Gasteiger partial charge is 0.261 e. The van der Waals surface area contributed by atoms with E-state index in [0.29, 0.717) is 28.8 Å². The summed E-state index contributed by atoms with van der Waals surface area (Å²) < 4.78 is 1.64. The SMILES string of the molecule is CN1C(=O)/C(=C\c2nc3ccccc3c(=O)n2Cc2ccccc2)c2ccccc21. The molecule has 5 nitrogen and oxygen atoms in total. The minimum Gasteiger partial charge on any atom is -0.311 e. The van der Waals surface area contributed by atoms with E-state index in [1.807, 2.05) is 72.8 Å². The number of benzene rings is 3. The van der Waals surface area contributed by atoms with Crippen molar-refractivity contribution in [1.29, 1.82) is 0 Å². The summed E-state index contributed by atoms with van der Waals surface area (Å²) in [4.78, 5) is 32.6. The molecular formula is C25H19N3O2. The number of anilines is 1. The molecule has 0 saturated carbocycles. The molecule has 2 heterocycles. The number of likely N-dealkylation sites (N-methyl/N-ethyl adjacent to an activating group) is 1. The molecule has 1 aromatic heterocycles. The summed E-state index contributed by atoms with van der Waals surface area (Å²) in [7, 11) is 1.76. The van der Waals surface area contributed by atoms with Crippen LogP contribution in [0.2, 0.25) is 0 Å². The molecule has 0 N–H and O–H groups in total. The van der Waals surface area contributed by atoms with Gasteiger partial charge in [-0.1, -0.05) is 60.7 Å². The third kappa shape index (κ3) is 2.92. The molecule has 3 aromatic carbocycles. The van der Waals surface area contributed by atoms with Crippen LogP contribution in [0.25, 0.3) is 22.6 Å². The van der Waals surface area contributed by atoms with Crippen molar-refractivity contribution < 1.29 is 4.79 Å². The van der Waals surface area contributed by atoms with Gasteiger partial charge < -0.3 is 4.90 Å². The van der Waals surface area contributed by atoms with Crippen LogP contribution in [0.5, 0.6) is 0 Å². The lowest BCUT2D eigenvalue weighted by Gasteiger charge is -2.12. The van der Waals surface area contributed by atoms with Crippen LogP contribution in [0.3, 0.4) is 0 Å². The second-order valence-corrected chi connectivity index (χ2v) is 7.30. The van der Waals surface area contributed by atoms with Crippen LogP contribution in [0, 0.1) is 0 Å². The van der Waals surface area contributed by atoms with E-state index in [4.69, 9.17) is 4.98 Å². The third-order valence-electron chi connectivity index (χ3n) is 5.44. The van der Waals surface area contributed by atoms with Crippen LogP contribution in [0.4, 0.5) is 5.69 Å². The topological polar surface area (TPSA) is 55.2 Å². The van der Waals surface area contributed by atoms with Gasteiger partial charge in [0.05, 0.1) is 28.7 Å². The number of hydrogen-bond acceptors (Lipinski definition) is 3. The molecule has 5 rings (SSSR count). The first-order valence-corrected chi connectivity index (χ1v) is 9.76. The van der Waals surface area contributed by atoms with Crippen LogP contribution in [-0.2, 0) is 11.3 Å². The predicted octanol–water partition coefficient (Wildman–Crippen LogP) is 3.96. The quantitative estimate of drug-likeness (QED) is 0.495. The van der Waals surface area contributed by atoms with Crippen LogP contribution in [0.15, 0.2) is 83.7 Å². The van der Waals surface area contributed by atoms with Crippen molar-refractivity contribution in [3.8, 4) is 0 Å². The van der Waals surface area contributed by atoms with E-state index < -0.39 is 0 Å². The second kappa shape index (κ2) is 7.12. The monoisotopic (exact) mass is 393 g/mol. The van der Waals surface area contributed by atoms with E-state index in [9.17, 15) is 9.59 Å². The molecule has 4 aromatic rings. The highest BCUT2D eigenvalue weighted by Crippen LogP contribution is 2.36. The zero-order valence-corrected chi connectivity index (χ0v) is 16.4. The Bertz CT molecular complexity index is 1370. The minimum absolute atomic E-state index is 0.107. The second-order valence-electron chi connectivity index (χ2n) is 7.30. The van der Waals surface area contributed by atoms with Gasteiger partial charge in [0.25, 0.3) is 11.5 Å². The lowest BCUT2D eigenvalue weighted by Crippen LogP contribution is -2.25. The molecule has 0 aliphatic carbocycles. The minimum atomic E-state index is -0.122. The lowest BCUT2D eigenvalue weighted by atomic mass is 10.1. The normalized spacial score (nSPS) is 14.5. The summed E-state index contributed by atoms with van der Waals surface area (Å²) in [6, 6.07) is 24.7. The zero-order valence-electron chi connectivity index (χ0n) is 16.4. The molecule has 0 bridgehead atoms. The molecule has 0 atom stereocenters. The summed E-state index contributed by atoms with van der Waals surface area (Å²) in [5, 5.41) is 0.561. The van der Waals surface area contributed by atoms with Crippen LogP contribution >= 0.6 is 0 Å². The van der Waals surface area contributed by atoms with Crippen molar-refractivity contribution >= 4 is 34.1 Å². The first-order valence-electron chi connectivity index (χ1n) is 9.76. The van der Waals surface area contributed by atoms with E-state index in [1.165, 1.54) is 0 Å². The average molecular weight is 393 g/mol. The maximum Gasteiger partial charge on any atom is 0.261 e. The molecule has 1 amide bonds. The number of carbonyl (C=O) groups excluding carboxylic acids is 1. The Morgan fingerprint density at radius 3 is 2.40 bits per heavy atom. The number of carbonyl (C=O) groups is 1. The summed E-state index contributed by atoms with van der Waals surface area (Å²) in [6.07, 6.45) is 1.74. The Labute approximate surface area is 173 Å². The molecule has 0 unspecified atom stereocenters. The highest BCUT2D eigenvalue weighted by atomic mass is 16.2. The number of aromatic nitrogens is 2. The molecule has 0 fully saturated rings. The Morgan fingerprint density at radius 1 is 0.867 bits per heavy atom. The summed E-state index contributed by atoms with van der Waals surface area (Å²) >= 11 is 0. The number of hydrogen-bond donors (Lipinski definition) is 0. The molecule has 146 valence electrons. The van der Waals surface area contributed by atoms with Crippen molar-refractivity contribution in [1.82, 2.24) is 9.55 Å². The highest BCUT2D eigenvalue weighted by Gasteiger charge is 2.29. The van der Waals surface area contributed by atoms with Gasteiger partial charge in [-0.05, 0) is 29.8 Å². The molecule has 5 heteroatoms. The third-order valence-corrected chi connectivity index (χ3v) is 5.44. The van der Waals surface area contributed by atoms with Crippen molar-refractivity contribution in [3.05, 3.63) is 106 Å². The standard InChI is InChI=1S/C25H19N3O2/c1-27-22-14-8-6-11-18(22)20(24(27)29)15-23-26-21-13-7-5-12-19(21)25(30)28(23)16-17-9-3-2-4-10-17/h2-15H,16H2,1H3/b20-15-. The largest absolute Gasteiger partial charge is 0.311 e. The number of rotatable bonds is 3. The fourth-order valence-electron chi connectivity index (χ4n) is 3.88. The first kappa shape index (κ1) is 18.1. The van der Waals surface area contributed by atoms with Gasteiger partial charge in [-0.2, -0.15) is 0 Å². The van der Waals surface area contributed by atoms with Crippen LogP contribution < -0.4 is 10.5 Å². The van der Waals surface area contributed by atoms with Crippen molar-refractivity contribution in [2.75, 3.05) is 11.9 Å². The zero-order chi connectivity index (χ0) is 20.7. The molecule has 1 aliphatic rings. The van der Waals surface area contributed by atoms with Crippen LogP contribution in [0.1, 0.15) is 17.0 Å². The first-order chi connectivity index (χ1) is 14.6. The number of amides is 1. The summed E-state index contributed by atoms with van der Waals surface area (Å²) in [6.45, 7) is 0.377. The fourth-order valence-corrected chi connectivity index (χ4v) is 3.88. The molecular weight excluding hydrogens is 374 g/mol. The van der Waals surface area contributed by atoms with Gasteiger partial charge in [-0.15, -0.1) is 0 Å². The van der Waals surface area contributed by atoms with Gasteiger partial charge in [0.2, 0.25) is 0 Å². The summed E-state index contributed by atoms with van der Waals surface area (Å²) in [5.41, 5.74) is 3.72. The molecule has 0 spiro atoms. The number of nitrogens with zero attached hydrogens (tertiary/aromatic N) is 3. The molecule has 0 radical (unpaired) electrons. The average Bonchev–Trinajstić information content (AvgIpc) is 3.02. The van der Waals surface area contributed by atoms with Gasteiger partial charge in [-0.3, -0.25) is 14.2 Å². The van der Waals surface area contributed by atoms with E-state index in [0.717, 1.165) is 16.8 Å². The van der Waals surface area contributed by atoms with Gasteiger partial charge in [0.15, 0.2) is 0 Å². The van der Waals surface area contributed by atoms with Gasteiger partial charge >= 0.3 is 0 Å². The van der Waals surface area contributed by atoms with E-state index in [2.05, 4.69) is 0 Å². The lowest BCUT2D eigenvalue weighted by molar-refractivity contribution is -0.112. The van der Waals surface area contributed by atoms with Gasteiger partial charge in [0, 0.05) is 12.6 Å². The Hall–Kier alpha value is -3.99. The Balaban J connectivity index is 1.74.